The molecule has 3 nitrogen and oxygen atoms in total. The minimum atomic E-state index is -5.36. The first-order valence-electron chi connectivity index (χ1n) is 7.46. The van der Waals surface area contributed by atoms with E-state index in [2.05, 4.69) is 0 Å². The van der Waals surface area contributed by atoms with Crippen molar-refractivity contribution >= 4 is 7.74 Å². The van der Waals surface area contributed by atoms with Crippen molar-refractivity contribution < 1.29 is 26.0 Å². The summed E-state index contributed by atoms with van der Waals surface area (Å²) in [7, 11) is 1.45. The van der Waals surface area contributed by atoms with E-state index in [-0.39, 0.29) is 0 Å². The molecule has 0 fully saturated rings. The zero-order chi connectivity index (χ0) is 16.2. The predicted molar refractivity (Wildman–Crippen MR) is 86.9 cm³/mol. The van der Waals surface area contributed by atoms with Crippen LogP contribution in [0.1, 0.15) is 0 Å². The molecule has 0 spiro atoms. The van der Waals surface area contributed by atoms with Crippen molar-refractivity contribution in [1.29, 1.82) is 0 Å². The molecule has 0 aliphatic heterocycles. The summed E-state index contributed by atoms with van der Waals surface area (Å²) in [4.78, 5) is 0. The number of hydrogen-bond donors (Lipinski definition) is 0. The van der Waals surface area contributed by atoms with Crippen LogP contribution in [0.4, 0.5) is 0 Å². The molecule has 0 heterocycles. The van der Waals surface area contributed by atoms with Gasteiger partial charge in [-0.1, -0.05) is 0 Å². The van der Waals surface area contributed by atoms with E-state index in [1.165, 1.54) is 7.11 Å². The molecule has 0 amide bonds. The molecule has 0 atom stereocenters. The van der Waals surface area contributed by atoms with Gasteiger partial charge in [-0.25, -0.2) is 0 Å². The topological polar surface area (TPSA) is 35.5 Å². The van der Waals surface area contributed by atoms with E-state index in [0.717, 1.165) is 0 Å². The molecule has 0 saturated heterocycles. The molecule has 116 valence electrons. The fraction of sp³-hybridized carbons (Fsp3) is 0.0526. The first kappa shape index (κ1) is 15.8. The average Bonchev–Trinajstić information content (AvgIpc) is 2.64. The molecule has 4 heteroatoms. The van der Waals surface area contributed by atoms with Crippen molar-refractivity contribution in [2.24, 2.45) is 0 Å². The summed E-state index contributed by atoms with van der Waals surface area (Å²) in [5.74, 6) is 0.522. The molecule has 3 rings (SSSR count). The van der Waals surface area contributed by atoms with E-state index >= 15 is 0 Å². The zero-order valence-electron chi connectivity index (χ0n) is 12.9. The van der Waals surface area contributed by atoms with E-state index in [1.807, 2.05) is 54.6 Å². The van der Waals surface area contributed by atoms with Gasteiger partial charge in [0.25, 0.3) is 0 Å². The molecule has 23 heavy (non-hydrogen) atoms. The van der Waals surface area contributed by atoms with Gasteiger partial charge in [0.1, 0.15) is 0 Å². The Balaban J connectivity index is 2.27. The van der Waals surface area contributed by atoms with Gasteiger partial charge in [-0.05, 0) is 0 Å². The third-order valence-corrected chi connectivity index (χ3v) is 10.2. The second-order valence-electron chi connectivity index (χ2n) is 5.34. The van der Waals surface area contributed by atoms with Gasteiger partial charge < -0.3 is 0 Å². The van der Waals surface area contributed by atoms with Gasteiger partial charge in [-0.3, -0.25) is 0 Å². The first-order valence-corrected chi connectivity index (χ1v) is 10.9. The van der Waals surface area contributed by atoms with Crippen LogP contribution >= 0.6 is 0 Å². The third kappa shape index (κ3) is 2.79. The van der Waals surface area contributed by atoms with Crippen molar-refractivity contribution in [2.45, 2.75) is 0 Å². The van der Waals surface area contributed by atoms with Gasteiger partial charge in [0.2, 0.25) is 0 Å². The second kappa shape index (κ2) is 6.21. The van der Waals surface area contributed by atoms with Gasteiger partial charge in [0.15, 0.2) is 0 Å². The van der Waals surface area contributed by atoms with Gasteiger partial charge in [-0.2, -0.15) is 0 Å². The van der Waals surface area contributed by atoms with E-state index in [1.54, 1.807) is 36.4 Å². The molecule has 0 bridgehead atoms. The molecule has 0 aromatic heterocycles. The van der Waals surface area contributed by atoms with Crippen LogP contribution in [-0.4, -0.2) is 7.11 Å². The standard InChI is InChI=1S/C6H6O.2C6H5.CH3O.O.Ti/c7-6-4-2-1-3-5-6;2*1-2-4-6-5-3-1;1-2;;/h1-5,7H;2*1-5H;1H3;;/q;;;-1;;+2/p-1. The van der Waals surface area contributed by atoms with Gasteiger partial charge in [-0.15, -0.1) is 0 Å². The summed E-state index contributed by atoms with van der Waals surface area (Å²) in [5, 5.41) is 0. The molecular formula is C19H18O3Ti. The van der Waals surface area contributed by atoms with Crippen LogP contribution in [0.3, 0.4) is 0 Å². The Morgan fingerprint density at radius 2 is 1.04 bits per heavy atom. The van der Waals surface area contributed by atoms with Gasteiger partial charge in [0.05, 0.1) is 0 Å². The first-order chi connectivity index (χ1) is 11.2. The van der Waals surface area contributed by atoms with Crippen LogP contribution in [0.5, 0.6) is 5.75 Å². The Kier molecular flexibility index (Phi) is 4.27. The molecule has 0 radical (unpaired) electrons. The van der Waals surface area contributed by atoms with Crippen molar-refractivity contribution in [3.8, 4) is 5.75 Å². The fourth-order valence-corrected chi connectivity index (χ4v) is 7.75. The summed E-state index contributed by atoms with van der Waals surface area (Å²) in [6.07, 6.45) is 0. The Morgan fingerprint density at radius 1 is 0.652 bits per heavy atom. The summed E-state index contributed by atoms with van der Waals surface area (Å²) >= 11 is -5.36. The number of benzene rings is 3. The van der Waals surface area contributed by atoms with Gasteiger partial charge >= 0.3 is 138 Å². The predicted octanol–water partition coefficient (Wildman–Crippen LogP) is 3.23. The Morgan fingerprint density at radius 3 is 1.43 bits per heavy atom. The van der Waals surface area contributed by atoms with Crippen LogP contribution in [-0.2, 0) is 22.7 Å². The Labute approximate surface area is 137 Å². The maximum atomic E-state index is 14.4. The van der Waals surface area contributed by atoms with E-state index < -0.39 is 16.1 Å². The van der Waals surface area contributed by atoms with Crippen molar-refractivity contribution in [3.63, 3.8) is 0 Å². The summed E-state index contributed by atoms with van der Waals surface area (Å²) in [6.45, 7) is 0. The normalized spacial score (nSPS) is 11.9. The summed E-state index contributed by atoms with van der Waals surface area (Å²) in [5.41, 5.74) is 0. The molecule has 0 saturated carbocycles. The number of para-hydroxylation sites is 1. The molecule has 0 N–H and O–H groups in total. The van der Waals surface area contributed by atoms with Crippen LogP contribution in [0.15, 0.2) is 91.0 Å². The monoisotopic (exact) mass is 342 g/mol. The Bertz CT molecular complexity index is 787. The van der Waals surface area contributed by atoms with Crippen molar-refractivity contribution in [1.82, 2.24) is 0 Å². The quantitative estimate of drug-likeness (QED) is 0.668. The van der Waals surface area contributed by atoms with E-state index in [4.69, 9.17) is 6.64 Å². The van der Waals surface area contributed by atoms with Crippen LogP contribution in [0.25, 0.3) is 0 Å². The number of rotatable bonds is 5. The summed E-state index contributed by atoms with van der Waals surface area (Å²) < 4.78 is 27.3. The van der Waals surface area contributed by atoms with E-state index in [0.29, 0.717) is 13.5 Å². The molecule has 0 unspecified atom stereocenters. The van der Waals surface area contributed by atoms with Crippen molar-refractivity contribution in [3.05, 3.63) is 91.0 Å². The summed E-state index contributed by atoms with van der Waals surface area (Å²) in [6, 6.07) is 27.4. The molecule has 3 aromatic carbocycles. The molecular weight excluding hydrogens is 324 g/mol. The van der Waals surface area contributed by atoms with Gasteiger partial charge in [0, 0.05) is 0 Å². The fourth-order valence-electron chi connectivity index (χ4n) is 2.72. The zero-order valence-corrected chi connectivity index (χ0v) is 14.4. The third-order valence-electron chi connectivity index (χ3n) is 3.96. The van der Waals surface area contributed by atoms with Crippen LogP contribution in [0.2, 0.25) is 0 Å². The van der Waals surface area contributed by atoms with Crippen molar-refractivity contribution in [2.75, 3.05) is 7.11 Å². The SMILES string of the molecule is C[O][Ti](=[O])([O]c1ccccc1)([c]1ccccc1)[c]1ccccc1. The molecule has 0 aliphatic carbocycles. The molecule has 0 aliphatic rings. The maximum absolute atomic E-state index is 14.4. The average molecular weight is 342 g/mol. The second-order valence-corrected chi connectivity index (χ2v) is 11.2. The molecule has 3 aromatic rings. The Hall–Kier alpha value is -2.07. The van der Waals surface area contributed by atoms with Crippen LogP contribution < -0.4 is 11.1 Å². The number of hydrogen-bond acceptors (Lipinski definition) is 3. The van der Waals surface area contributed by atoms with E-state index in [9.17, 15) is 3.32 Å². The van der Waals surface area contributed by atoms with Crippen LogP contribution in [0, 0.1) is 0 Å². The minimum absolute atomic E-state index is 0.522.